The molecule has 0 saturated carbocycles. The Morgan fingerprint density at radius 3 is 2.84 bits per heavy atom. The highest BCUT2D eigenvalue weighted by Gasteiger charge is 2.19. The predicted molar refractivity (Wildman–Crippen MR) is 100.0 cm³/mol. The Labute approximate surface area is 153 Å². The number of methoxy groups -OCH3 is 1. The lowest BCUT2D eigenvalue weighted by Gasteiger charge is -2.15. The molecule has 0 aliphatic heterocycles. The third-order valence-corrected chi connectivity index (χ3v) is 5.07. The topological polar surface area (TPSA) is 73.2 Å². The van der Waals surface area contributed by atoms with Gasteiger partial charge in [0.2, 0.25) is 5.91 Å². The monoisotopic (exact) mass is 377 g/mol. The minimum absolute atomic E-state index is 0.232. The smallest absolute Gasteiger partial charge is 0.262 e. The van der Waals surface area contributed by atoms with Crippen molar-refractivity contribution in [2.45, 2.75) is 19.9 Å². The molecule has 0 spiro atoms. The Hall–Kier alpha value is -2.38. The van der Waals surface area contributed by atoms with Gasteiger partial charge in [0.05, 0.1) is 23.8 Å². The quantitative estimate of drug-likeness (QED) is 0.753. The van der Waals surface area contributed by atoms with E-state index in [2.05, 4.69) is 10.3 Å². The number of aryl methyl sites for hydroxylation is 1. The third-order valence-electron chi connectivity index (χ3n) is 3.82. The minimum Gasteiger partial charge on any atom is -0.495 e. The van der Waals surface area contributed by atoms with E-state index in [1.54, 1.807) is 31.2 Å². The van der Waals surface area contributed by atoms with E-state index in [0.29, 0.717) is 26.7 Å². The molecule has 3 aromatic rings. The van der Waals surface area contributed by atoms with Crippen LogP contribution in [0.1, 0.15) is 17.8 Å². The predicted octanol–water partition coefficient (Wildman–Crippen LogP) is 3.63. The van der Waals surface area contributed by atoms with E-state index in [1.807, 2.05) is 6.92 Å². The number of nitrogens with one attached hydrogen (secondary N) is 1. The van der Waals surface area contributed by atoms with Crippen molar-refractivity contribution < 1.29 is 9.53 Å². The fourth-order valence-electron chi connectivity index (χ4n) is 2.45. The molecule has 0 aliphatic carbocycles. The second-order valence-electron chi connectivity index (χ2n) is 5.55. The van der Waals surface area contributed by atoms with Gasteiger partial charge >= 0.3 is 0 Å². The molecular formula is C17H16ClN3O3S. The van der Waals surface area contributed by atoms with Crippen LogP contribution in [-0.4, -0.2) is 22.6 Å². The van der Waals surface area contributed by atoms with Gasteiger partial charge in [-0.15, -0.1) is 11.3 Å². The van der Waals surface area contributed by atoms with E-state index >= 15 is 0 Å². The molecule has 1 aromatic carbocycles. The van der Waals surface area contributed by atoms with Crippen LogP contribution < -0.4 is 15.6 Å². The molecule has 0 saturated heterocycles. The molecule has 25 heavy (non-hydrogen) atoms. The van der Waals surface area contributed by atoms with E-state index in [9.17, 15) is 9.59 Å². The summed E-state index contributed by atoms with van der Waals surface area (Å²) in [5.41, 5.74) is 0.292. The number of benzene rings is 1. The molecular weight excluding hydrogens is 362 g/mol. The molecule has 2 aromatic heterocycles. The lowest BCUT2D eigenvalue weighted by Crippen LogP contribution is -2.31. The largest absolute Gasteiger partial charge is 0.495 e. The molecule has 6 nitrogen and oxygen atoms in total. The highest BCUT2D eigenvalue weighted by Crippen LogP contribution is 2.27. The molecule has 1 atom stereocenters. The molecule has 0 aliphatic rings. The summed E-state index contributed by atoms with van der Waals surface area (Å²) in [4.78, 5) is 31.0. The summed E-state index contributed by atoms with van der Waals surface area (Å²) in [5.74, 6) is 0.183. The number of hydrogen-bond donors (Lipinski definition) is 1. The standard InChI is InChI=1S/C17H16ClN3O3S/c1-9-6-12-16(25-9)19-8-21(17(12)23)10(2)15(22)20-11-4-5-14(24-3)13(18)7-11/h4-8,10H,1-3H3,(H,20,22)/t10-/m1/s1. The number of anilines is 1. The highest BCUT2D eigenvalue weighted by atomic mass is 35.5. The average Bonchev–Trinajstić information content (AvgIpc) is 2.96. The number of fused-ring (bicyclic) bond motifs is 1. The van der Waals surface area contributed by atoms with Crippen molar-refractivity contribution >= 4 is 44.7 Å². The first-order valence-corrected chi connectivity index (χ1v) is 8.72. The van der Waals surface area contributed by atoms with Gasteiger partial charge in [-0.25, -0.2) is 4.98 Å². The van der Waals surface area contributed by atoms with Crippen molar-refractivity contribution in [2.24, 2.45) is 0 Å². The maximum absolute atomic E-state index is 12.6. The van der Waals surface area contributed by atoms with Gasteiger partial charge in [0.25, 0.3) is 5.56 Å². The maximum atomic E-state index is 12.6. The maximum Gasteiger partial charge on any atom is 0.262 e. The highest BCUT2D eigenvalue weighted by molar-refractivity contribution is 7.18. The van der Waals surface area contributed by atoms with E-state index in [1.165, 1.54) is 29.3 Å². The molecule has 0 fully saturated rings. The average molecular weight is 378 g/mol. The summed E-state index contributed by atoms with van der Waals surface area (Å²) >= 11 is 7.51. The van der Waals surface area contributed by atoms with Crippen molar-refractivity contribution in [1.82, 2.24) is 9.55 Å². The fourth-order valence-corrected chi connectivity index (χ4v) is 3.55. The minimum atomic E-state index is -0.717. The van der Waals surface area contributed by atoms with E-state index in [4.69, 9.17) is 16.3 Å². The van der Waals surface area contributed by atoms with Crippen LogP contribution in [0.2, 0.25) is 5.02 Å². The number of halogens is 1. The zero-order chi connectivity index (χ0) is 18.1. The zero-order valence-corrected chi connectivity index (χ0v) is 15.4. The molecule has 130 valence electrons. The molecule has 0 radical (unpaired) electrons. The number of carbonyl (C=O) groups excluding carboxylic acids is 1. The molecule has 0 unspecified atom stereocenters. The van der Waals surface area contributed by atoms with Crippen molar-refractivity contribution in [2.75, 3.05) is 12.4 Å². The van der Waals surface area contributed by atoms with Gasteiger partial charge in [-0.1, -0.05) is 11.6 Å². The Morgan fingerprint density at radius 2 is 2.16 bits per heavy atom. The number of rotatable bonds is 4. The lowest BCUT2D eigenvalue weighted by molar-refractivity contribution is -0.118. The molecule has 8 heteroatoms. The summed E-state index contributed by atoms with van der Waals surface area (Å²) < 4.78 is 6.41. The van der Waals surface area contributed by atoms with E-state index in [-0.39, 0.29) is 11.5 Å². The van der Waals surface area contributed by atoms with Gasteiger partial charge in [-0.05, 0) is 38.1 Å². The molecule has 1 N–H and O–H groups in total. The summed E-state index contributed by atoms with van der Waals surface area (Å²) in [6.45, 7) is 3.56. The first-order valence-electron chi connectivity index (χ1n) is 7.52. The van der Waals surface area contributed by atoms with Gasteiger partial charge in [0.15, 0.2) is 0 Å². The first-order chi connectivity index (χ1) is 11.9. The number of amides is 1. The number of aromatic nitrogens is 2. The number of ether oxygens (including phenoxy) is 1. The van der Waals surface area contributed by atoms with Crippen LogP contribution in [0.4, 0.5) is 5.69 Å². The summed E-state index contributed by atoms with van der Waals surface area (Å²) in [6, 6.07) is 6.01. The lowest BCUT2D eigenvalue weighted by atomic mass is 10.2. The first kappa shape index (κ1) is 17.4. The van der Waals surface area contributed by atoms with Crippen molar-refractivity contribution in [3.05, 3.63) is 50.8 Å². The Balaban J connectivity index is 1.86. The number of hydrogen-bond acceptors (Lipinski definition) is 5. The number of nitrogens with zero attached hydrogens (tertiary/aromatic N) is 2. The van der Waals surface area contributed by atoms with E-state index in [0.717, 1.165) is 4.88 Å². The van der Waals surface area contributed by atoms with Gasteiger partial charge in [0.1, 0.15) is 16.6 Å². The van der Waals surface area contributed by atoms with Crippen LogP contribution in [0.25, 0.3) is 10.2 Å². The Bertz CT molecular complexity index is 1010. The second kappa shape index (κ2) is 6.85. The van der Waals surface area contributed by atoms with Gasteiger partial charge in [-0.2, -0.15) is 0 Å². The van der Waals surface area contributed by atoms with E-state index < -0.39 is 6.04 Å². The summed E-state index contributed by atoms with van der Waals surface area (Å²) in [6.07, 6.45) is 1.41. The van der Waals surface area contributed by atoms with Crippen LogP contribution in [0.15, 0.2) is 35.4 Å². The van der Waals surface area contributed by atoms with Crippen LogP contribution in [-0.2, 0) is 4.79 Å². The van der Waals surface area contributed by atoms with Crippen LogP contribution in [0, 0.1) is 6.92 Å². The summed E-state index contributed by atoms with van der Waals surface area (Å²) in [7, 11) is 1.52. The second-order valence-corrected chi connectivity index (χ2v) is 7.19. The Kier molecular flexibility index (Phi) is 4.78. The zero-order valence-electron chi connectivity index (χ0n) is 13.9. The molecule has 0 bridgehead atoms. The molecule has 3 rings (SSSR count). The molecule has 1 amide bonds. The number of thiophene rings is 1. The molecule has 2 heterocycles. The van der Waals surface area contributed by atoms with Crippen LogP contribution in [0.3, 0.4) is 0 Å². The summed E-state index contributed by atoms with van der Waals surface area (Å²) in [5, 5.41) is 3.66. The Morgan fingerprint density at radius 1 is 1.40 bits per heavy atom. The number of carbonyl (C=O) groups is 1. The van der Waals surface area contributed by atoms with Gasteiger partial charge in [0, 0.05) is 10.6 Å². The van der Waals surface area contributed by atoms with Crippen LogP contribution >= 0.6 is 22.9 Å². The fraction of sp³-hybridized carbons (Fsp3) is 0.235. The SMILES string of the molecule is COc1ccc(NC(=O)[C@@H](C)n2cnc3sc(C)cc3c2=O)cc1Cl. The normalized spacial score (nSPS) is 12.2. The van der Waals surface area contributed by atoms with Crippen molar-refractivity contribution in [3.8, 4) is 5.75 Å². The van der Waals surface area contributed by atoms with Crippen molar-refractivity contribution in [3.63, 3.8) is 0 Å². The van der Waals surface area contributed by atoms with Crippen molar-refractivity contribution in [1.29, 1.82) is 0 Å². The third kappa shape index (κ3) is 3.38. The van der Waals surface area contributed by atoms with Gasteiger partial charge < -0.3 is 10.1 Å². The van der Waals surface area contributed by atoms with Crippen LogP contribution in [0.5, 0.6) is 5.75 Å². The van der Waals surface area contributed by atoms with Gasteiger partial charge in [-0.3, -0.25) is 14.2 Å².